The normalized spacial score (nSPS) is 9.46. The fraction of sp³-hybridized carbons (Fsp3) is 0.300. The number of fused-ring (bicyclic) bond motifs is 1. The lowest BCUT2D eigenvalue weighted by Crippen LogP contribution is -1.79. The van der Waals surface area contributed by atoms with E-state index in [0.717, 1.165) is 16.5 Å². The maximum absolute atomic E-state index is 5.50. The first-order valence-corrected chi connectivity index (χ1v) is 4.39. The average molecular weight is 178 g/mol. The molecule has 0 saturated carbocycles. The van der Waals surface area contributed by atoms with Gasteiger partial charge in [0, 0.05) is 0 Å². The molecule has 13 heavy (non-hydrogen) atoms. The molecule has 0 fully saturated rings. The first kappa shape index (κ1) is 9.58. The molecule has 0 spiro atoms. The molecule has 0 aliphatic rings. The summed E-state index contributed by atoms with van der Waals surface area (Å²) in [6.07, 6.45) is 0. The van der Waals surface area contributed by atoms with Crippen molar-refractivity contribution in [1.29, 1.82) is 0 Å². The molecule has 0 aliphatic carbocycles. The molecule has 1 aromatic heterocycles. The summed E-state index contributed by atoms with van der Waals surface area (Å²) >= 11 is 0. The van der Waals surface area contributed by atoms with E-state index in [1.165, 1.54) is 0 Å². The van der Waals surface area contributed by atoms with Crippen molar-refractivity contribution in [2.45, 2.75) is 20.8 Å². The predicted molar refractivity (Wildman–Crippen MR) is 54.5 cm³/mol. The minimum Gasteiger partial charge on any atom is -0.367 e. The molecule has 70 valence electrons. The molecule has 2 aromatic rings. The van der Waals surface area contributed by atoms with Crippen LogP contribution < -0.4 is 5.73 Å². The van der Waals surface area contributed by atoms with Crippen LogP contribution >= 0.6 is 0 Å². The molecule has 0 amide bonds. The van der Waals surface area contributed by atoms with Crippen molar-refractivity contribution in [1.82, 2.24) is 5.16 Å². The molecule has 1 aromatic carbocycles. The molecule has 2 rings (SSSR count). The number of nitrogens with two attached hydrogens (primary N) is 1. The second-order valence-electron chi connectivity index (χ2n) is 2.57. The number of aromatic nitrogens is 1. The molecule has 3 nitrogen and oxygen atoms in total. The summed E-state index contributed by atoms with van der Waals surface area (Å²) in [5, 5.41) is 4.66. The van der Waals surface area contributed by atoms with Gasteiger partial charge in [-0.2, -0.15) is 0 Å². The van der Waals surface area contributed by atoms with Gasteiger partial charge in [0.05, 0.1) is 5.39 Å². The van der Waals surface area contributed by atoms with Crippen LogP contribution in [0.25, 0.3) is 10.9 Å². The van der Waals surface area contributed by atoms with Crippen LogP contribution in [0.3, 0.4) is 0 Å². The SMILES string of the molecule is CC.Cc1ccc2c(N)onc2c1. The van der Waals surface area contributed by atoms with Crippen LogP contribution in [0.15, 0.2) is 22.7 Å². The predicted octanol–water partition coefficient (Wildman–Crippen LogP) is 2.74. The maximum atomic E-state index is 5.50. The summed E-state index contributed by atoms with van der Waals surface area (Å²) in [6, 6.07) is 5.83. The molecule has 1 heterocycles. The Kier molecular flexibility index (Phi) is 2.90. The van der Waals surface area contributed by atoms with Gasteiger partial charge in [0.1, 0.15) is 5.52 Å². The molecule has 0 aliphatic heterocycles. The van der Waals surface area contributed by atoms with Gasteiger partial charge in [-0.3, -0.25) is 0 Å². The second-order valence-corrected chi connectivity index (χ2v) is 2.57. The highest BCUT2D eigenvalue weighted by Gasteiger charge is 2.02. The third-order valence-corrected chi connectivity index (χ3v) is 1.66. The summed E-state index contributed by atoms with van der Waals surface area (Å²) in [7, 11) is 0. The zero-order valence-corrected chi connectivity index (χ0v) is 8.16. The van der Waals surface area contributed by atoms with Crippen molar-refractivity contribution in [2.75, 3.05) is 5.73 Å². The van der Waals surface area contributed by atoms with Gasteiger partial charge in [0.25, 0.3) is 0 Å². The number of anilines is 1. The molecule has 0 bridgehead atoms. The number of aryl methyl sites for hydroxylation is 1. The van der Waals surface area contributed by atoms with Gasteiger partial charge < -0.3 is 10.3 Å². The summed E-state index contributed by atoms with van der Waals surface area (Å²) in [5.41, 5.74) is 7.48. The Hall–Kier alpha value is -1.51. The summed E-state index contributed by atoms with van der Waals surface area (Å²) in [5.74, 6) is 0.389. The van der Waals surface area contributed by atoms with Crippen molar-refractivity contribution in [3.63, 3.8) is 0 Å². The third kappa shape index (κ3) is 1.80. The lowest BCUT2D eigenvalue weighted by atomic mass is 10.2. The van der Waals surface area contributed by atoms with Crippen molar-refractivity contribution in [3.8, 4) is 0 Å². The summed E-state index contributed by atoms with van der Waals surface area (Å²) < 4.78 is 4.80. The minimum absolute atomic E-state index is 0.389. The molecule has 2 N–H and O–H groups in total. The van der Waals surface area contributed by atoms with Gasteiger partial charge in [0.2, 0.25) is 5.88 Å². The maximum Gasteiger partial charge on any atom is 0.229 e. The number of nitrogens with zero attached hydrogens (tertiary/aromatic N) is 1. The summed E-state index contributed by atoms with van der Waals surface area (Å²) in [4.78, 5) is 0. The van der Waals surface area contributed by atoms with E-state index in [4.69, 9.17) is 10.3 Å². The smallest absolute Gasteiger partial charge is 0.229 e. The van der Waals surface area contributed by atoms with Crippen molar-refractivity contribution in [2.24, 2.45) is 0 Å². The van der Waals surface area contributed by atoms with E-state index in [9.17, 15) is 0 Å². The van der Waals surface area contributed by atoms with Gasteiger partial charge in [-0.05, 0) is 24.6 Å². The highest BCUT2D eigenvalue weighted by Crippen LogP contribution is 2.20. The first-order chi connectivity index (χ1) is 6.27. The van der Waals surface area contributed by atoms with Gasteiger partial charge >= 0.3 is 0 Å². The fourth-order valence-electron chi connectivity index (χ4n) is 1.07. The Labute approximate surface area is 77.5 Å². The van der Waals surface area contributed by atoms with Crippen molar-refractivity contribution in [3.05, 3.63) is 23.8 Å². The molecular weight excluding hydrogens is 164 g/mol. The zero-order valence-electron chi connectivity index (χ0n) is 8.16. The highest BCUT2D eigenvalue weighted by molar-refractivity contribution is 5.87. The van der Waals surface area contributed by atoms with Crippen LogP contribution in [0, 0.1) is 6.92 Å². The monoisotopic (exact) mass is 178 g/mol. The third-order valence-electron chi connectivity index (χ3n) is 1.66. The largest absolute Gasteiger partial charge is 0.367 e. The Balaban J connectivity index is 0.000000396. The Morgan fingerprint density at radius 2 is 2.00 bits per heavy atom. The van der Waals surface area contributed by atoms with Gasteiger partial charge in [-0.1, -0.05) is 25.1 Å². The van der Waals surface area contributed by atoms with Crippen LogP contribution in [0.5, 0.6) is 0 Å². The zero-order chi connectivity index (χ0) is 9.84. The number of hydrogen-bond acceptors (Lipinski definition) is 3. The Morgan fingerprint density at radius 3 is 2.69 bits per heavy atom. The Bertz CT molecular complexity index is 393. The number of nitrogen functional groups attached to an aromatic ring is 1. The van der Waals surface area contributed by atoms with Crippen molar-refractivity contribution < 1.29 is 4.52 Å². The van der Waals surface area contributed by atoms with E-state index in [2.05, 4.69) is 5.16 Å². The minimum atomic E-state index is 0.389. The Morgan fingerprint density at radius 1 is 1.31 bits per heavy atom. The van der Waals surface area contributed by atoms with E-state index < -0.39 is 0 Å². The van der Waals surface area contributed by atoms with E-state index >= 15 is 0 Å². The fourth-order valence-corrected chi connectivity index (χ4v) is 1.07. The summed E-state index contributed by atoms with van der Waals surface area (Å²) in [6.45, 7) is 6.00. The van der Waals surface area contributed by atoms with Crippen LogP contribution in [-0.2, 0) is 0 Å². The van der Waals surface area contributed by atoms with Crippen LogP contribution in [-0.4, -0.2) is 5.16 Å². The molecule has 0 saturated heterocycles. The number of rotatable bonds is 0. The van der Waals surface area contributed by atoms with Gasteiger partial charge in [0.15, 0.2) is 0 Å². The first-order valence-electron chi connectivity index (χ1n) is 4.39. The van der Waals surface area contributed by atoms with E-state index in [1.54, 1.807) is 0 Å². The lowest BCUT2D eigenvalue weighted by Gasteiger charge is -1.88. The molecule has 0 atom stereocenters. The topological polar surface area (TPSA) is 52.0 Å². The average Bonchev–Trinajstić information content (AvgIpc) is 2.51. The van der Waals surface area contributed by atoms with Gasteiger partial charge in [-0.15, -0.1) is 0 Å². The molecular formula is C10H14N2O. The van der Waals surface area contributed by atoms with E-state index in [1.807, 2.05) is 39.0 Å². The lowest BCUT2D eigenvalue weighted by molar-refractivity contribution is 0.445. The highest BCUT2D eigenvalue weighted by atomic mass is 16.5. The molecule has 0 unspecified atom stereocenters. The van der Waals surface area contributed by atoms with Crippen molar-refractivity contribution >= 4 is 16.8 Å². The standard InChI is InChI=1S/C8H8N2O.C2H6/c1-5-2-3-6-7(4-5)10-11-8(6)9;1-2/h2-4H,9H2,1H3;1-2H3. The number of hydrogen-bond donors (Lipinski definition) is 1. The van der Waals surface area contributed by atoms with Gasteiger partial charge in [-0.25, -0.2) is 0 Å². The van der Waals surface area contributed by atoms with Crippen LogP contribution in [0.1, 0.15) is 19.4 Å². The van der Waals surface area contributed by atoms with E-state index in [-0.39, 0.29) is 0 Å². The quantitative estimate of drug-likeness (QED) is 0.674. The number of benzene rings is 1. The molecule has 0 radical (unpaired) electrons. The van der Waals surface area contributed by atoms with E-state index in [0.29, 0.717) is 5.88 Å². The van der Waals surface area contributed by atoms with Crippen LogP contribution in [0.2, 0.25) is 0 Å². The molecule has 3 heteroatoms. The van der Waals surface area contributed by atoms with Crippen LogP contribution in [0.4, 0.5) is 5.88 Å². The second kappa shape index (κ2) is 3.94.